The standard InChI is InChI=1S/C22H23F3N6O3/c23-22(24,25)20(33)30-18(26)14-4-6-16(7-5-14)29-21(34)31-12-2-1-3-17(31)13-28-19(32)15-8-10-27-11-9-15/h4-11,17H,1-3,12-13H2,(H,28,32)(H,29,34)(H2,26,30,33). The monoisotopic (exact) mass is 476 g/mol. The molecule has 1 saturated heterocycles. The van der Waals surface area contributed by atoms with Crippen molar-refractivity contribution in [2.75, 3.05) is 18.4 Å². The molecule has 1 aliphatic heterocycles. The number of nitrogens with one attached hydrogen (secondary N) is 2. The van der Waals surface area contributed by atoms with E-state index >= 15 is 0 Å². The second-order valence-corrected chi connectivity index (χ2v) is 7.60. The molecular weight excluding hydrogens is 453 g/mol. The number of amides is 4. The Bertz CT molecular complexity index is 1060. The minimum Gasteiger partial charge on any atom is -0.383 e. The van der Waals surface area contributed by atoms with E-state index in [1.165, 1.54) is 36.7 Å². The number of hydrogen-bond acceptors (Lipinski definition) is 4. The number of carbonyl (C=O) groups is 3. The van der Waals surface area contributed by atoms with E-state index < -0.39 is 17.9 Å². The molecule has 1 aliphatic rings. The Labute approximate surface area is 193 Å². The normalized spacial score (nSPS) is 16.6. The molecule has 4 N–H and O–H groups in total. The molecule has 0 saturated carbocycles. The van der Waals surface area contributed by atoms with Crippen LogP contribution in [-0.4, -0.2) is 58.9 Å². The van der Waals surface area contributed by atoms with Crippen LogP contribution in [0.1, 0.15) is 35.2 Å². The highest BCUT2D eigenvalue weighted by Gasteiger charge is 2.38. The van der Waals surface area contributed by atoms with Gasteiger partial charge < -0.3 is 21.3 Å². The third-order valence-corrected chi connectivity index (χ3v) is 5.23. The molecule has 12 heteroatoms. The van der Waals surface area contributed by atoms with Crippen LogP contribution < -0.4 is 16.4 Å². The number of urea groups is 1. The fourth-order valence-electron chi connectivity index (χ4n) is 3.45. The van der Waals surface area contributed by atoms with E-state index in [2.05, 4.69) is 20.6 Å². The number of piperidine rings is 1. The van der Waals surface area contributed by atoms with Crippen molar-refractivity contribution < 1.29 is 27.6 Å². The van der Waals surface area contributed by atoms with Crippen LogP contribution in [0.2, 0.25) is 0 Å². The summed E-state index contributed by atoms with van der Waals surface area (Å²) in [6.45, 7) is 0.798. The number of alkyl halides is 3. The Morgan fingerprint density at radius 2 is 1.74 bits per heavy atom. The largest absolute Gasteiger partial charge is 0.473 e. The average Bonchev–Trinajstić information content (AvgIpc) is 2.83. The minimum absolute atomic E-state index is 0.102. The van der Waals surface area contributed by atoms with Crippen molar-refractivity contribution in [1.29, 1.82) is 0 Å². The summed E-state index contributed by atoms with van der Waals surface area (Å²) in [4.78, 5) is 44.5. The number of aliphatic imine (C=N–C) groups is 1. The summed E-state index contributed by atoms with van der Waals surface area (Å²) < 4.78 is 37.0. The Morgan fingerprint density at radius 3 is 2.38 bits per heavy atom. The molecule has 1 fully saturated rings. The molecule has 9 nitrogen and oxygen atoms in total. The van der Waals surface area contributed by atoms with E-state index in [0.29, 0.717) is 17.8 Å². The highest BCUT2D eigenvalue weighted by molar-refractivity contribution is 6.05. The first-order valence-electron chi connectivity index (χ1n) is 10.5. The molecule has 34 heavy (non-hydrogen) atoms. The molecular formula is C22H23F3N6O3. The van der Waals surface area contributed by atoms with E-state index in [1.54, 1.807) is 17.0 Å². The first kappa shape index (κ1) is 24.7. The molecule has 1 atom stereocenters. The Hall–Kier alpha value is -3.96. The van der Waals surface area contributed by atoms with E-state index in [9.17, 15) is 27.6 Å². The number of nitrogens with zero attached hydrogens (tertiary/aromatic N) is 3. The van der Waals surface area contributed by atoms with Crippen molar-refractivity contribution in [3.63, 3.8) is 0 Å². The lowest BCUT2D eigenvalue weighted by atomic mass is 10.0. The van der Waals surface area contributed by atoms with Gasteiger partial charge in [-0.1, -0.05) is 0 Å². The third kappa shape index (κ3) is 6.53. The van der Waals surface area contributed by atoms with Gasteiger partial charge in [0, 0.05) is 42.3 Å². The lowest BCUT2D eigenvalue weighted by Gasteiger charge is -2.35. The number of carbonyl (C=O) groups excluding carboxylic acids is 3. The van der Waals surface area contributed by atoms with Crippen LogP contribution in [0.25, 0.3) is 0 Å². The number of benzene rings is 1. The SMILES string of the molecule is NC(=NC(=O)C(F)(F)F)c1ccc(NC(=O)N2CCCCC2CNC(=O)c2ccncc2)cc1. The van der Waals surface area contributed by atoms with Gasteiger partial charge in [-0.15, -0.1) is 0 Å². The molecule has 0 radical (unpaired) electrons. The number of pyridine rings is 1. The molecule has 2 heterocycles. The van der Waals surface area contributed by atoms with Gasteiger partial charge in [-0.25, -0.2) is 4.79 Å². The Balaban J connectivity index is 1.60. The maximum atomic E-state index is 12.8. The van der Waals surface area contributed by atoms with Crippen molar-refractivity contribution in [1.82, 2.24) is 15.2 Å². The van der Waals surface area contributed by atoms with Crippen molar-refractivity contribution in [2.24, 2.45) is 10.7 Å². The number of aromatic nitrogens is 1. The lowest BCUT2D eigenvalue weighted by Crippen LogP contribution is -2.50. The predicted molar refractivity (Wildman–Crippen MR) is 118 cm³/mol. The minimum atomic E-state index is -5.11. The van der Waals surface area contributed by atoms with Crippen LogP contribution >= 0.6 is 0 Å². The third-order valence-electron chi connectivity index (χ3n) is 5.23. The van der Waals surface area contributed by atoms with Crippen molar-refractivity contribution in [2.45, 2.75) is 31.5 Å². The lowest BCUT2D eigenvalue weighted by molar-refractivity contribution is -0.169. The van der Waals surface area contributed by atoms with Crippen LogP contribution in [0.3, 0.4) is 0 Å². The molecule has 3 rings (SSSR count). The highest BCUT2D eigenvalue weighted by Crippen LogP contribution is 2.20. The fraction of sp³-hybridized carbons (Fsp3) is 0.318. The summed E-state index contributed by atoms with van der Waals surface area (Å²) >= 11 is 0. The number of hydrogen-bond donors (Lipinski definition) is 3. The van der Waals surface area contributed by atoms with Gasteiger partial charge in [0.15, 0.2) is 0 Å². The smallest absolute Gasteiger partial charge is 0.383 e. The van der Waals surface area contributed by atoms with Crippen molar-refractivity contribution >= 4 is 29.4 Å². The summed E-state index contributed by atoms with van der Waals surface area (Å²) in [6.07, 6.45) is 0.401. The molecule has 2 aromatic rings. The quantitative estimate of drug-likeness (QED) is 0.451. The first-order chi connectivity index (χ1) is 16.1. The zero-order valence-corrected chi connectivity index (χ0v) is 18.0. The van der Waals surface area contributed by atoms with Crippen LogP contribution in [0.5, 0.6) is 0 Å². The van der Waals surface area contributed by atoms with Crippen LogP contribution in [0.4, 0.5) is 23.7 Å². The fourth-order valence-corrected chi connectivity index (χ4v) is 3.45. The summed E-state index contributed by atoms with van der Waals surface area (Å²) in [5.74, 6) is -3.14. The molecule has 0 bridgehead atoms. The molecule has 1 aromatic carbocycles. The second-order valence-electron chi connectivity index (χ2n) is 7.60. The summed E-state index contributed by atoms with van der Waals surface area (Å²) in [5.41, 5.74) is 6.43. The zero-order chi connectivity index (χ0) is 24.7. The molecule has 0 aliphatic carbocycles. The number of likely N-dealkylation sites (tertiary alicyclic amines) is 1. The Kier molecular flexibility index (Phi) is 7.82. The maximum absolute atomic E-state index is 12.8. The van der Waals surface area contributed by atoms with Crippen molar-refractivity contribution in [3.05, 3.63) is 59.9 Å². The van der Waals surface area contributed by atoms with Gasteiger partial charge in [0.2, 0.25) is 0 Å². The molecule has 4 amide bonds. The van der Waals surface area contributed by atoms with E-state index in [4.69, 9.17) is 5.73 Å². The molecule has 1 unspecified atom stereocenters. The number of rotatable bonds is 5. The van der Waals surface area contributed by atoms with Gasteiger partial charge in [0.1, 0.15) is 5.84 Å². The zero-order valence-electron chi connectivity index (χ0n) is 18.0. The number of amidine groups is 1. The van der Waals surface area contributed by atoms with E-state index in [0.717, 1.165) is 19.3 Å². The summed E-state index contributed by atoms with van der Waals surface area (Å²) in [6, 6.07) is 8.21. The van der Waals surface area contributed by atoms with Gasteiger partial charge in [0.05, 0.1) is 6.04 Å². The van der Waals surface area contributed by atoms with E-state index in [1.807, 2.05) is 0 Å². The van der Waals surface area contributed by atoms with Gasteiger partial charge in [0.25, 0.3) is 5.91 Å². The average molecular weight is 476 g/mol. The molecule has 180 valence electrons. The van der Waals surface area contributed by atoms with E-state index in [-0.39, 0.29) is 30.1 Å². The van der Waals surface area contributed by atoms with Gasteiger partial charge in [-0.3, -0.25) is 14.6 Å². The van der Waals surface area contributed by atoms with Gasteiger partial charge in [-0.2, -0.15) is 18.2 Å². The number of anilines is 1. The van der Waals surface area contributed by atoms with Gasteiger partial charge in [-0.05, 0) is 55.7 Å². The Morgan fingerprint density at radius 1 is 1.06 bits per heavy atom. The number of halogens is 3. The molecule has 0 spiro atoms. The second kappa shape index (κ2) is 10.8. The first-order valence-corrected chi connectivity index (χ1v) is 10.5. The highest BCUT2D eigenvalue weighted by atomic mass is 19.4. The van der Waals surface area contributed by atoms with Crippen LogP contribution in [-0.2, 0) is 4.79 Å². The van der Waals surface area contributed by atoms with Crippen LogP contribution in [0, 0.1) is 0 Å². The topological polar surface area (TPSA) is 130 Å². The van der Waals surface area contributed by atoms with Crippen LogP contribution in [0.15, 0.2) is 53.8 Å². The predicted octanol–water partition coefficient (Wildman–Crippen LogP) is 2.69. The van der Waals surface area contributed by atoms with Gasteiger partial charge >= 0.3 is 18.1 Å². The summed E-state index contributed by atoms with van der Waals surface area (Å²) in [7, 11) is 0. The van der Waals surface area contributed by atoms with Crippen molar-refractivity contribution in [3.8, 4) is 0 Å². The maximum Gasteiger partial charge on any atom is 0.473 e. The molecule has 1 aromatic heterocycles. The summed E-state index contributed by atoms with van der Waals surface area (Å²) in [5, 5.41) is 5.57. The number of nitrogens with two attached hydrogens (primary N) is 1.